The molecule has 1 aromatic rings. The molecule has 0 unspecified atom stereocenters. The summed E-state index contributed by atoms with van der Waals surface area (Å²) in [7, 11) is -1.81. The van der Waals surface area contributed by atoms with Crippen LogP contribution in [0.25, 0.3) is 0 Å². The summed E-state index contributed by atoms with van der Waals surface area (Å²) < 4.78 is 27.5. The first-order valence-corrected chi connectivity index (χ1v) is 11.9. The average molecular weight is 436 g/mol. The van der Waals surface area contributed by atoms with Gasteiger partial charge in [-0.3, -0.25) is 9.89 Å². The number of halogens is 1. The van der Waals surface area contributed by atoms with E-state index in [-0.39, 0.29) is 16.3 Å². The molecule has 154 valence electrons. The SMILES string of the molecule is CN=C(NCCNS(=O)(=O)c1ccc(Cl)s1)NCC(C)(C)N1CCCCC1. The van der Waals surface area contributed by atoms with Crippen LogP contribution in [0.5, 0.6) is 0 Å². The maximum atomic E-state index is 12.2. The van der Waals surface area contributed by atoms with E-state index in [1.807, 2.05) is 0 Å². The van der Waals surface area contributed by atoms with Crippen LogP contribution in [0.2, 0.25) is 4.34 Å². The molecule has 7 nitrogen and oxygen atoms in total. The topological polar surface area (TPSA) is 85.8 Å². The van der Waals surface area contributed by atoms with Crippen LogP contribution < -0.4 is 15.4 Å². The van der Waals surface area contributed by atoms with E-state index in [9.17, 15) is 8.42 Å². The van der Waals surface area contributed by atoms with Gasteiger partial charge >= 0.3 is 0 Å². The number of thiophene rings is 1. The lowest BCUT2D eigenvalue weighted by molar-refractivity contribution is 0.0982. The third-order valence-electron chi connectivity index (χ3n) is 4.65. The molecule has 1 saturated heterocycles. The molecule has 1 fully saturated rings. The number of hydrogen-bond acceptors (Lipinski definition) is 5. The van der Waals surface area contributed by atoms with E-state index in [1.54, 1.807) is 13.1 Å². The molecule has 0 radical (unpaired) electrons. The maximum Gasteiger partial charge on any atom is 0.250 e. The molecule has 10 heteroatoms. The highest BCUT2D eigenvalue weighted by Gasteiger charge is 2.27. The van der Waals surface area contributed by atoms with Crippen molar-refractivity contribution in [1.29, 1.82) is 0 Å². The second-order valence-electron chi connectivity index (χ2n) is 7.17. The highest BCUT2D eigenvalue weighted by molar-refractivity contribution is 7.91. The quantitative estimate of drug-likeness (QED) is 0.331. The number of aliphatic imine (C=N–C) groups is 1. The van der Waals surface area contributed by atoms with E-state index in [1.165, 1.54) is 25.3 Å². The Labute approximate surface area is 171 Å². The molecule has 1 aliphatic heterocycles. The summed E-state index contributed by atoms with van der Waals surface area (Å²) in [5.41, 5.74) is 0.0398. The molecule has 2 rings (SSSR count). The van der Waals surface area contributed by atoms with Crippen LogP contribution in [-0.2, 0) is 10.0 Å². The van der Waals surface area contributed by atoms with Gasteiger partial charge in [0.1, 0.15) is 4.21 Å². The van der Waals surface area contributed by atoms with Gasteiger partial charge in [0.2, 0.25) is 10.0 Å². The Morgan fingerprint density at radius 2 is 1.93 bits per heavy atom. The number of likely N-dealkylation sites (tertiary alicyclic amines) is 1. The highest BCUT2D eigenvalue weighted by Crippen LogP contribution is 2.25. The smallest absolute Gasteiger partial charge is 0.250 e. The minimum atomic E-state index is -3.52. The van der Waals surface area contributed by atoms with Gasteiger partial charge in [0.25, 0.3) is 0 Å². The van der Waals surface area contributed by atoms with E-state index in [0.717, 1.165) is 31.0 Å². The molecule has 0 aromatic carbocycles. The van der Waals surface area contributed by atoms with Gasteiger partial charge in [-0.05, 0) is 51.9 Å². The number of nitrogens with zero attached hydrogens (tertiary/aromatic N) is 2. The Balaban J connectivity index is 1.74. The first kappa shape index (κ1) is 22.4. The monoisotopic (exact) mass is 435 g/mol. The maximum absolute atomic E-state index is 12.2. The third-order valence-corrected chi connectivity index (χ3v) is 7.83. The highest BCUT2D eigenvalue weighted by atomic mass is 35.5. The van der Waals surface area contributed by atoms with Crippen molar-refractivity contribution in [2.75, 3.05) is 39.8 Å². The van der Waals surface area contributed by atoms with Gasteiger partial charge in [-0.25, -0.2) is 13.1 Å². The third kappa shape index (κ3) is 6.90. The van der Waals surface area contributed by atoms with Gasteiger partial charge in [0, 0.05) is 32.2 Å². The predicted molar refractivity (Wildman–Crippen MR) is 113 cm³/mol. The first-order valence-electron chi connectivity index (χ1n) is 9.19. The van der Waals surface area contributed by atoms with Gasteiger partial charge < -0.3 is 10.6 Å². The van der Waals surface area contributed by atoms with E-state index >= 15 is 0 Å². The summed E-state index contributed by atoms with van der Waals surface area (Å²) in [5, 5.41) is 6.49. The van der Waals surface area contributed by atoms with Crippen molar-refractivity contribution in [3.05, 3.63) is 16.5 Å². The summed E-state index contributed by atoms with van der Waals surface area (Å²) in [4.78, 5) is 6.73. The Morgan fingerprint density at radius 1 is 1.22 bits per heavy atom. The number of sulfonamides is 1. The van der Waals surface area contributed by atoms with Crippen molar-refractivity contribution in [1.82, 2.24) is 20.3 Å². The lowest BCUT2D eigenvalue weighted by atomic mass is 9.98. The summed E-state index contributed by atoms with van der Waals surface area (Å²) in [5.74, 6) is 0.665. The fourth-order valence-electron chi connectivity index (χ4n) is 3.01. The van der Waals surface area contributed by atoms with Gasteiger partial charge in [0.05, 0.1) is 4.34 Å². The van der Waals surface area contributed by atoms with Crippen molar-refractivity contribution in [3.8, 4) is 0 Å². The average Bonchev–Trinajstić information content (AvgIpc) is 3.09. The minimum absolute atomic E-state index is 0.0398. The Bertz CT molecular complexity index is 727. The van der Waals surface area contributed by atoms with Crippen LogP contribution >= 0.6 is 22.9 Å². The van der Waals surface area contributed by atoms with Crippen molar-refractivity contribution >= 4 is 38.9 Å². The van der Waals surface area contributed by atoms with Crippen LogP contribution in [0.3, 0.4) is 0 Å². The fraction of sp³-hybridized carbons (Fsp3) is 0.706. The van der Waals surface area contributed by atoms with Crippen LogP contribution in [0.1, 0.15) is 33.1 Å². The van der Waals surface area contributed by atoms with Crippen molar-refractivity contribution in [3.63, 3.8) is 0 Å². The number of rotatable bonds is 8. The Morgan fingerprint density at radius 3 is 2.52 bits per heavy atom. The second-order valence-corrected chi connectivity index (χ2v) is 10.9. The van der Waals surface area contributed by atoms with Gasteiger partial charge in [0.15, 0.2) is 5.96 Å². The van der Waals surface area contributed by atoms with Crippen LogP contribution in [0.15, 0.2) is 21.3 Å². The Kier molecular flexibility index (Phi) is 8.36. The first-order chi connectivity index (χ1) is 12.7. The zero-order valence-corrected chi connectivity index (χ0v) is 18.6. The molecule has 3 N–H and O–H groups in total. The van der Waals surface area contributed by atoms with E-state index < -0.39 is 10.0 Å². The van der Waals surface area contributed by atoms with Crippen LogP contribution in [-0.4, -0.2) is 64.6 Å². The molecule has 1 aromatic heterocycles. The lowest BCUT2D eigenvalue weighted by Crippen LogP contribution is -2.55. The normalized spacial score (nSPS) is 17.1. The minimum Gasteiger partial charge on any atom is -0.355 e. The number of guanidine groups is 1. The number of nitrogens with one attached hydrogen (secondary N) is 3. The fourth-order valence-corrected chi connectivity index (χ4v) is 5.57. The summed E-state index contributed by atoms with van der Waals surface area (Å²) in [6, 6.07) is 3.08. The molecule has 0 amide bonds. The van der Waals surface area contributed by atoms with Gasteiger partial charge in [-0.1, -0.05) is 18.0 Å². The molecular weight excluding hydrogens is 406 g/mol. The van der Waals surface area contributed by atoms with Crippen molar-refractivity contribution in [2.24, 2.45) is 4.99 Å². The van der Waals surface area contributed by atoms with E-state index in [0.29, 0.717) is 16.8 Å². The van der Waals surface area contributed by atoms with Gasteiger partial charge in [-0.2, -0.15) is 0 Å². The van der Waals surface area contributed by atoms with E-state index in [4.69, 9.17) is 11.6 Å². The summed E-state index contributed by atoms with van der Waals surface area (Å²) in [6.45, 7) is 8.20. The molecule has 0 bridgehead atoms. The molecular formula is C17H30ClN5O2S2. The van der Waals surface area contributed by atoms with Gasteiger partial charge in [-0.15, -0.1) is 11.3 Å². The molecule has 0 spiro atoms. The largest absolute Gasteiger partial charge is 0.355 e. The zero-order chi connectivity index (χ0) is 19.9. The second kappa shape index (κ2) is 10.1. The molecule has 1 aliphatic rings. The predicted octanol–water partition coefficient (Wildman–Crippen LogP) is 2.11. The Hall–Kier alpha value is -0.870. The zero-order valence-electron chi connectivity index (χ0n) is 16.2. The van der Waals surface area contributed by atoms with Crippen molar-refractivity contribution < 1.29 is 8.42 Å². The standard InChI is InChI=1S/C17H30ClN5O2S2/c1-17(2,23-11-5-4-6-12-23)13-21-16(19-3)20-9-10-22-27(24,25)15-8-7-14(18)26-15/h7-8,22H,4-6,9-13H2,1-3H3,(H2,19,20,21). The molecule has 27 heavy (non-hydrogen) atoms. The molecule has 0 aliphatic carbocycles. The van der Waals surface area contributed by atoms with E-state index in [2.05, 4.69) is 39.1 Å². The number of hydrogen-bond donors (Lipinski definition) is 3. The summed E-state index contributed by atoms with van der Waals surface area (Å²) >= 11 is 6.84. The number of piperidine rings is 1. The van der Waals surface area contributed by atoms with Crippen LogP contribution in [0.4, 0.5) is 0 Å². The molecule has 0 atom stereocenters. The molecule has 0 saturated carbocycles. The van der Waals surface area contributed by atoms with Crippen LogP contribution in [0, 0.1) is 0 Å². The lowest BCUT2D eigenvalue weighted by Gasteiger charge is -2.41. The molecule has 2 heterocycles. The summed E-state index contributed by atoms with van der Waals surface area (Å²) in [6.07, 6.45) is 3.83. The van der Waals surface area contributed by atoms with Crippen molar-refractivity contribution in [2.45, 2.75) is 42.9 Å².